The quantitative estimate of drug-likeness (QED) is 0.707. The van der Waals surface area contributed by atoms with Crippen LogP contribution in [0.3, 0.4) is 0 Å². The van der Waals surface area contributed by atoms with Gasteiger partial charge >= 0.3 is 0 Å². The highest BCUT2D eigenvalue weighted by Crippen LogP contribution is 2.11. The molecular weight excluding hydrogens is 242 g/mol. The van der Waals surface area contributed by atoms with Crippen molar-refractivity contribution in [1.82, 2.24) is 5.32 Å². The lowest BCUT2D eigenvalue weighted by Crippen LogP contribution is -2.36. The highest BCUT2D eigenvalue weighted by Gasteiger charge is 2.08. The maximum Gasteiger partial charge on any atom is 0.220 e. The standard InChI is InChI=1S/C15H23NO3/c1-3-13(11-17)16-15(18)5-4-10-19-14-8-6-12(2)7-9-14/h6-9,13,17H,3-5,10-11H2,1-2H3,(H,16,18)/t13-/m1/s1. The predicted molar refractivity (Wildman–Crippen MR) is 75.2 cm³/mol. The van der Waals surface area contributed by atoms with Gasteiger partial charge in [-0.3, -0.25) is 4.79 Å². The van der Waals surface area contributed by atoms with Crippen LogP contribution in [0.5, 0.6) is 5.75 Å². The first-order chi connectivity index (χ1) is 9.15. The van der Waals surface area contributed by atoms with Crippen molar-refractivity contribution in [2.75, 3.05) is 13.2 Å². The molecule has 0 spiro atoms. The third-order valence-electron chi connectivity index (χ3n) is 2.92. The lowest BCUT2D eigenvalue weighted by molar-refractivity contribution is -0.122. The van der Waals surface area contributed by atoms with Crippen molar-refractivity contribution >= 4 is 5.91 Å². The van der Waals surface area contributed by atoms with Crippen molar-refractivity contribution in [2.45, 2.75) is 39.2 Å². The Morgan fingerprint density at radius 3 is 2.63 bits per heavy atom. The van der Waals surface area contributed by atoms with Gasteiger partial charge in [-0.05, 0) is 31.9 Å². The van der Waals surface area contributed by atoms with E-state index >= 15 is 0 Å². The number of amides is 1. The molecule has 0 saturated carbocycles. The molecule has 0 fully saturated rings. The van der Waals surface area contributed by atoms with Gasteiger partial charge in [-0.1, -0.05) is 24.6 Å². The zero-order chi connectivity index (χ0) is 14.1. The predicted octanol–water partition coefficient (Wildman–Crippen LogP) is 2.04. The molecular formula is C15H23NO3. The smallest absolute Gasteiger partial charge is 0.220 e. The summed E-state index contributed by atoms with van der Waals surface area (Å²) in [6.07, 6.45) is 1.83. The van der Waals surface area contributed by atoms with E-state index in [-0.39, 0.29) is 18.6 Å². The van der Waals surface area contributed by atoms with Gasteiger partial charge in [0.05, 0.1) is 19.3 Å². The summed E-state index contributed by atoms with van der Waals surface area (Å²) in [6.45, 7) is 4.47. The third kappa shape index (κ3) is 6.25. The topological polar surface area (TPSA) is 58.6 Å². The van der Waals surface area contributed by atoms with Gasteiger partial charge in [-0.25, -0.2) is 0 Å². The first kappa shape index (κ1) is 15.5. The average molecular weight is 265 g/mol. The highest BCUT2D eigenvalue weighted by atomic mass is 16.5. The van der Waals surface area contributed by atoms with Crippen LogP contribution in [0.25, 0.3) is 0 Å². The van der Waals surface area contributed by atoms with E-state index in [2.05, 4.69) is 5.32 Å². The Morgan fingerprint density at radius 1 is 1.37 bits per heavy atom. The number of aryl methyl sites for hydroxylation is 1. The van der Waals surface area contributed by atoms with E-state index in [1.165, 1.54) is 5.56 Å². The summed E-state index contributed by atoms with van der Waals surface area (Å²) in [5.41, 5.74) is 1.20. The molecule has 1 aromatic carbocycles. The molecule has 0 aliphatic rings. The Balaban J connectivity index is 2.16. The maximum absolute atomic E-state index is 11.5. The summed E-state index contributed by atoms with van der Waals surface area (Å²) in [7, 11) is 0. The Kier molecular flexibility index (Phi) is 6.97. The summed E-state index contributed by atoms with van der Waals surface area (Å²) < 4.78 is 5.54. The minimum atomic E-state index is -0.134. The molecule has 0 unspecified atom stereocenters. The van der Waals surface area contributed by atoms with E-state index in [0.717, 1.165) is 12.2 Å². The molecule has 1 rings (SSSR count). The molecule has 1 amide bonds. The van der Waals surface area contributed by atoms with E-state index in [9.17, 15) is 4.79 Å². The summed E-state index contributed by atoms with van der Waals surface area (Å²) in [4.78, 5) is 11.5. The molecule has 2 N–H and O–H groups in total. The Hall–Kier alpha value is -1.55. The lowest BCUT2D eigenvalue weighted by atomic mass is 10.2. The second-order valence-corrected chi connectivity index (χ2v) is 4.62. The molecule has 0 saturated heterocycles. The van der Waals surface area contributed by atoms with Crippen molar-refractivity contribution in [2.24, 2.45) is 0 Å². The van der Waals surface area contributed by atoms with Gasteiger partial charge in [0.2, 0.25) is 5.91 Å². The average Bonchev–Trinajstić information content (AvgIpc) is 2.43. The maximum atomic E-state index is 11.5. The van der Waals surface area contributed by atoms with Gasteiger partial charge in [0.25, 0.3) is 0 Å². The van der Waals surface area contributed by atoms with Gasteiger partial charge in [-0.2, -0.15) is 0 Å². The summed E-state index contributed by atoms with van der Waals surface area (Å²) in [6, 6.07) is 7.71. The lowest BCUT2D eigenvalue weighted by Gasteiger charge is -2.13. The van der Waals surface area contributed by atoms with E-state index in [4.69, 9.17) is 9.84 Å². The Morgan fingerprint density at radius 2 is 2.05 bits per heavy atom. The number of benzene rings is 1. The van der Waals surface area contributed by atoms with Crippen LogP contribution in [0, 0.1) is 6.92 Å². The summed E-state index contributed by atoms with van der Waals surface area (Å²) in [5, 5.41) is 11.8. The van der Waals surface area contributed by atoms with Crippen molar-refractivity contribution in [3.8, 4) is 5.75 Å². The number of nitrogens with one attached hydrogen (secondary N) is 1. The van der Waals surface area contributed by atoms with E-state index in [1.54, 1.807) is 0 Å². The van der Waals surface area contributed by atoms with Crippen molar-refractivity contribution in [1.29, 1.82) is 0 Å². The van der Waals surface area contributed by atoms with Gasteiger partial charge in [-0.15, -0.1) is 0 Å². The van der Waals surface area contributed by atoms with Crippen molar-refractivity contribution < 1.29 is 14.6 Å². The molecule has 0 aliphatic heterocycles. The van der Waals surface area contributed by atoms with Crippen molar-refractivity contribution in [3.05, 3.63) is 29.8 Å². The molecule has 0 heterocycles. The first-order valence-corrected chi connectivity index (χ1v) is 6.75. The Bertz CT molecular complexity index is 371. The number of rotatable bonds is 8. The minimum absolute atomic E-state index is 0.0118. The first-order valence-electron chi connectivity index (χ1n) is 6.75. The molecule has 0 bridgehead atoms. The van der Waals surface area contributed by atoms with Crippen LogP contribution in [0.2, 0.25) is 0 Å². The van der Waals surface area contributed by atoms with E-state index < -0.39 is 0 Å². The van der Waals surface area contributed by atoms with Crippen LogP contribution in [-0.4, -0.2) is 30.3 Å². The molecule has 106 valence electrons. The molecule has 19 heavy (non-hydrogen) atoms. The second kappa shape index (κ2) is 8.53. The SMILES string of the molecule is CC[C@H](CO)NC(=O)CCCOc1ccc(C)cc1. The van der Waals surface area contributed by atoms with Crippen LogP contribution in [-0.2, 0) is 4.79 Å². The number of carbonyl (C=O) groups is 1. The van der Waals surface area contributed by atoms with Crippen LogP contribution < -0.4 is 10.1 Å². The molecule has 1 atom stereocenters. The fourth-order valence-electron chi connectivity index (χ4n) is 1.63. The molecule has 4 heteroatoms. The number of ether oxygens (including phenoxy) is 1. The number of aliphatic hydroxyl groups excluding tert-OH is 1. The van der Waals surface area contributed by atoms with Gasteiger partial charge in [0.15, 0.2) is 0 Å². The second-order valence-electron chi connectivity index (χ2n) is 4.62. The Labute approximate surface area is 114 Å². The normalized spacial score (nSPS) is 11.9. The van der Waals surface area contributed by atoms with Crippen LogP contribution >= 0.6 is 0 Å². The molecule has 4 nitrogen and oxygen atoms in total. The van der Waals surface area contributed by atoms with Crippen LogP contribution in [0.4, 0.5) is 0 Å². The third-order valence-corrected chi connectivity index (χ3v) is 2.92. The van der Waals surface area contributed by atoms with Gasteiger partial charge < -0.3 is 15.2 Å². The van der Waals surface area contributed by atoms with Crippen LogP contribution in [0.15, 0.2) is 24.3 Å². The summed E-state index contributed by atoms with van der Waals surface area (Å²) >= 11 is 0. The number of aliphatic hydroxyl groups is 1. The molecule has 0 aliphatic carbocycles. The minimum Gasteiger partial charge on any atom is -0.494 e. The van der Waals surface area contributed by atoms with Crippen molar-refractivity contribution in [3.63, 3.8) is 0 Å². The van der Waals surface area contributed by atoms with E-state index in [0.29, 0.717) is 19.4 Å². The number of hydrogen-bond acceptors (Lipinski definition) is 3. The zero-order valence-electron chi connectivity index (χ0n) is 11.7. The fourth-order valence-corrected chi connectivity index (χ4v) is 1.63. The number of carbonyl (C=O) groups excluding carboxylic acids is 1. The number of hydrogen-bond donors (Lipinski definition) is 2. The summed E-state index contributed by atoms with van der Waals surface area (Å²) in [5.74, 6) is 0.793. The van der Waals surface area contributed by atoms with Crippen LogP contribution in [0.1, 0.15) is 31.7 Å². The fraction of sp³-hybridized carbons (Fsp3) is 0.533. The van der Waals surface area contributed by atoms with Gasteiger partial charge in [0.1, 0.15) is 5.75 Å². The largest absolute Gasteiger partial charge is 0.494 e. The monoisotopic (exact) mass is 265 g/mol. The zero-order valence-corrected chi connectivity index (χ0v) is 11.7. The molecule has 1 aromatic rings. The highest BCUT2D eigenvalue weighted by molar-refractivity contribution is 5.76. The molecule has 0 aromatic heterocycles. The van der Waals surface area contributed by atoms with Gasteiger partial charge in [0, 0.05) is 6.42 Å². The van der Waals surface area contributed by atoms with E-state index in [1.807, 2.05) is 38.1 Å². The molecule has 0 radical (unpaired) electrons.